The molecule has 0 aromatic carbocycles. The van der Waals surface area contributed by atoms with Crippen LogP contribution in [0.25, 0.3) is 0 Å². The van der Waals surface area contributed by atoms with Crippen molar-refractivity contribution in [3.8, 4) is 0 Å². The maximum absolute atomic E-state index is 11.3. The van der Waals surface area contributed by atoms with Crippen LogP contribution in [0.3, 0.4) is 0 Å². The highest BCUT2D eigenvalue weighted by molar-refractivity contribution is 5.73. The Labute approximate surface area is 79.1 Å². The second kappa shape index (κ2) is 3.29. The number of carbonyl (C=O) groups excluding carboxylic acids is 1. The first-order chi connectivity index (χ1) is 5.82. The number of rotatable bonds is 0. The summed E-state index contributed by atoms with van der Waals surface area (Å²) < 4.78 is 5.23. The van der Waals surface area contributed by atoms with E-state index in [9.17, 15) is 9.90 Å². The zero-order chi connectivity index (χ0) is 10.2. The van der Waals surface area contributed by atoms with E-state index in [1.54, 1.807) is 6.92 Å². The Kier molecular flexibility index (Phi) is 2.66. The fourth-order valence-corrected chi connectivity index (χ4v) is 1.41. The Hall–Kier alpha value is -0.570. The quantitative estimate of drug-likeness (QED) is 0.581. The van der Waals surface area contributed by atoms with Gasteiger partial charge in [-0.2, -0.15) is 0 Å². The summed E-state index contributed by atoms with van der Waals surface area (Å²) in [6, 6.07) is 0. The van der Waals surface area contributed by atoms with Crippen LogP contribution in [0, 0.1) is 11.3 Å². The predicted octanol–water partition coefficient (Wildman–Crippen LogP) is 1.34. The monoisotopic (exact) mass is 186 g/mol. The maximum atomic E-state index is 11.3. The Morgan fingerprint density at radius 1 is 1.46 bits per heavy atom. The molecule has 0 aromatic heterocycles. The molecule has 0 amide bonds. The Balaban J connectivity index is 2.69. The maximum Gasteiger partial charge on any atom is 0.311 e. The minimum atomic E-state index is -0.550. The fraction of sp³-hybridized carbons (Fsp3) is 0.900. The zero-order valence-corrected chi connectivity index (χ0v) is 8.70. The van der Waals surface area contributed by atoms with Crippen molar-refractivity contribution in [2.75, 3.05) is 0 Å². The van der Waals surface area contributed by atoms with Crippen molar-refractivity contribution < 1.29 is 14.6 Å². The molecule has 1 aliphatic rings. The van der Waals surface area contributed by atoms with Crippen molar-refractivity contribution in [1.29, 1.82) is 0 Å². The summed E-state index contributed by atoms with van der Waals surface area (Å²) in [6.45, 7) is 7.72. The summed E-state index contributed by atoms with van der Waals surface area (Å²) in [5.41, 5.74) is -0.0865. The highest BCUT2D eigenvalue weighted by Gasteiger charge is 2.39. The zero-order valence-electron chi connectivity index (χ0n) is 8.70. The van der Waals surface area contributed by atoms with E-state index in [1.165, 1.54) is 0 Å². The molecule has 3 nitrogen and oxygen atoms in total. The van der Waals surface area contributed by atoms with Crippen molar-refractivity contribution >= 4 is 5.97 Å². The van der Waals surface area contributed by atoms with Crippen molar-refractivity contribution in [2.45, 2.75) is 46.3 Å². The Morgan fingerprint density at radius 2 is 2.00 bits per heavy atom. The van der Waals surface area contributed by atoms with Crippen molar-refractivity contribution in [3.63, 3.8) is 0 Å². The summed E-state index contributed by atoms with van der Waals surface area (Å²) in [6.07, 6.45) is -0.159. The van der Waals surface area contributed by atoms with Gasteiger partial charge in [-0.25, -0.2) is 0 Å². The van der Waals surface area contributed by atoms with E-state index in [1.807, 2.05) is 20.8 Å². The first-order valence-electron chi connectivity index (χ1n) is 4.71. The molecule has 0 radical (unpaired) electrons. The van der Waals surface area contributed by atoms with E-state index in [2.05, 4.69) is 0 Å². The molecule has 1 fully saturated rings. The van der Waals surface area contributed by atoms with Gasteiger partial charge in [-0.15, -0.1) is 0 Å². The van der Waals surface area contributed by atoms with Crippen molar-refractivity contribution in [2.24, 2.45) is 11.3 Å². The van der Waals surface area contributed by atoms with E-state index in [4.69, 9.17) is 4.74 Å². The molecular weight excluding hydrogens is 168 g/mol. The topological polar surface area (TPSA) is 46.5 Å². The van der Waals surface area contributed by atoms with Gasteiger partial charge in [0.2, 0.25) is 0 Å². The van der Waals surface area contributed by atoms with E-state index in [0.717, 1.165) is 0 Å². The van der Waals surface area contributed by atoms with Crippen LogP contribution in [0.15, 0.2) is 0 Å². The van der Waals surface area contributed by atoms with Crippen molar-refractivity contribution in [3.05, 3.63) is 0 Å². The highest BCUT2D eigenvalue weighted by atomic mass is 16.5. The summed E-state index contributed by atoms with van der Waals surface area (Å²) in [5, 5.41) is 9.58. The van der Waals surface area contributed by atoms with Gasteiger partial charge < -0.3 is 9.84 Å². The first-order valence-corrected chi connectivity index (χ1v) is 4.71. The Bertz CT molecular complexity index is 205. The highest BCUT2D eigenvalue weighted by Crippen LogP contribution is 2.32. The van der Waals surface area contributed by atoms with Crippen LogP contribution in [-0.4, -0.2) is 23.3 Å². The number of hydrogen-bond acceptors (Lipinski definition) is 3. The molecule has 0 unspecified atom stereocenters. The predicted molar refractivity (Wildman–Crippen MR) is 49.1 cm³/mol. The SMILES string of the molecule is C[C@@H]1C(=O)O[C@H](C(C)(C)C)C[C@@H]1O. The summed E-state index contributed by atoms with van der Waals surface area (Å²) in [4.78, 5) is 11.3. The molecule has 1 N–H and O–H groups in total. The molecule has 1 rings (SSSR count). The number of ether oxygens (including phenoxy) is 1. The van der Waals surface area contributed by atoms with Crippen molar-refractivity contribution in [1.82, 2.24) is 0 Å². The third kappa shape index (κ3) is 2.21. The van der Waals surface area contributed by atoms with Crippen LogP contribution in [0.5, 0.6) is 0 Å². The molecule has 1 heterocycles. The minimum absolute atomic E-state index is 0.0865. The van der Waals surface area contributed by atoms with E-state index < -0.39 is 6.10 Å². The molecule has 3 heteroatoms. The lowest BCUT2D eigenvalue weighted by Gasteiger charge is -2.37. The smallest absolute Gasteiger partial charge is 0.311 e. The average molecular weight is 186 g/mol. The normalized spacial score (nSPS) is 35.8. The molecule has 0 spiro atoms. The van der Waals surface area contributed by atoms with Gasteiger partial charge in [-0.05, 0) is 12.3 Å². The Morgan fingerprint density at radius 3 is 2.38 bits per heavy atom. The summed E-state index contributed by atoms with van der Waals surface area (Å²) in [7, 11) is 0. The third-order valence-corrected chi connectivity index (χ3v) is 2.63. The standard InChI is InChI=1S/C10H18O3/c1-6-7(11)5-8(10(2,3)4)13-9(6)12/h6-8,11H,5H2,1-4H3/t6-,7-,8-/m0/s1. The van der Waals surface area contributed by atoms with Crippen LogP contribution in [0.4, 0.5) is 0 Å². The lowest BCUT2D eigenvalue weighted by molar-refractivity contribution is -0.177. The van der Waals surface area contributed by atoms with Gasteiger partial charge >= 0.3 is 5.97 Å². The van der Waals surface area contributed by atoms with Crippen LogP contribution < -0.4 is 0 Å². The molecule has 1 aliphatic heterocycles. The van der Waals surface area contributed by atoms with Gasteiger partial charge in [0, 0.05) is 6.42 Å². The average Bonchev–Trinajstić information content (AvgIpc) is 1.97. The van der Waals surface area contributed by atoms with Gasteiger partial charge in [-0.3, -0.25) is 4.79 Å². The molecule has 0 aromatic rings. The molecule has 3 atom stereocenters. The largest absolute Gasteiger partial charge is 0.461 e. The molecule has 0 saturated carbocycles. The molecule has 76 valence electrons. The molecular formula is C10H18O3. The number of esters is 1. The number of cyclic esters (lactones) is 1. The van der Waals surface area contributed by atoms with Crippen LogP contribution in [0.1, 0.15) is 34.1 Å². The number of carbonyl (C=O) groups is 1. The number of aliphatic hydroxyl groups excluding tert-OH is 1. The lowest BCUT2D eigenvalue weighted by Crippen LogP contribution is -2.45. The summed E-state index contributed by atoms with van der Waals surface area (Å²) in [5.74, 6) is -0.655. The van der Waals surface area contributed by atoms with Gasteiger partial charge in [-0.1, -0.05) is 20.8 Å². The fourth-order valence-electron chi connectivity index (χ4n) is 1.41. The van der Waals surface area contributed by atoms with Crippen LogP contribution in [-0.2, 0) is 9.53 Å². The van der Waals surface area contributed by atoms with Gasteiger partial charge in [0.25, 0.3) is 0 Å². The molecule has 13 heavy (non-hydrogen) atoms. The second-order valence-corrected chi connectivity index (χ2v) is 4.88. The molecule has 0 bridgehead atoms. The van der Waals surface area contributed by atoms with E-state index >= 15 is 0 Å². The molecule has 1 saturated heterocycles. The lowest BCUT2D eigenvalue weighted by atomic mass is 9.82. The van der Waals surface area contributed by atoms with Crippen LogP contribution in [0.2, 0.25) is 0 Å². The number of aliphatic hydroxyl groups is 1. The van der Waals surface area contributed by atoms with Crippen LogP contribution >= 0.6 is 0 Å². The second-order valence-electron chi connectivity index (χ2n) is 4.88. The number of hydrogen-bond donors (Lipinski definition) is 1. The first kappa shape index (κ1) is 10.5. The van der Waals surface area contributed by atoms with E-state index in [0.29, 0.717) is 6.42 Å². The van der Waals surface area contributed by atoms with Gasteiger partial charge in [0.05, 0.1) is 12.0 Å². The summed E-state index contributed by atoms with van der Waals surface area (Å²) >= 11 is 0. The minimum Gasteiger partial charge on any atom is -0.461 e. The van der Waals surface area contributed by atoms with E-state index in [-0.39, 0.29) is 23.4 Å². The third-order valence-electron chi connectivity index (χ3n) is 2.63. The van der Waals surface area contributed by atoms with Gasteiger partial charge in [0.15, 0.2) is 0 Å². The van der Waals surface area contributed by atoms with Gasteiger partial charge in [0.1, 0.15) is 6.10 Å². The molecule has 0 aliphatic carbocycles.